The van der Waals surface area contributed by atoms with E-state index >= 15 is 0 Å². The van der Waals surface area contributed by atoms with Crippen LogP contribution in [0.4, 0.5) is 0 Å². The van der Waals surface area contributed by atoms with Gasteiger partial charge in [0.2, 0.25) is 10.0 Å². The van der Waals surface area contributed by atoms with E-state index in [-0.39, 0.29) is 21.4 Å². The predicted molar refractivity (Wildman–Crippen MR) is 124 cm³/mol. The molecule has 0 spiro atoms. The molecule has 0 saturated carbocycles. The van der Waals surface area contributed by atoms with Crippen molar-refractivity contribution in [2.45, 2.75) is 25.3 Å². The van der Waals surface area contributed by atoms with E-state index in [2.05, 4.69) is 4.90 Å². The second-order valence-electron chi connectivity index (χ2n) is 7.43. The van der Waals surface area contributed by atoms with Crippen molar-refractivity contribution < 1.29 is 13.2 Å². The van der Waals surface area contributed by atoms with Crippen LogP contribution in [0, 0.1) is 0 Å². The molecule has 3 rings (SSSR count). The number of hydrogen-bond donors (Lipinski definition) is 0. The Balaban J connectivity index is 1.71. The molecule has 0 bridgehead atoms. The summed E-state index contributed by atoms with van der Waals surface area (Å²) in [7, 11) is -3.67. The lowest BCUT2D eigenvalue weighted by atomic mass is 10.1. The van der Waals surface area contributed by atoms with E-state index < -0.39 is 10.0 Å². The number of carbonyl (C=O) groups is 1. The molecule has 1 saturated heterocycles. The largest absolute Gasteiger partial charge is 0.336 e. The molecule has 31 heavy (non-hydrogen) atoms. The lowest BCUT2D eigenvalue weighted by Crippen LogP contribution is -2.48. The minimum absolute atomic E-state index is 0.0866. The number of benzene rings is 2. The summed E-state index contributed by atoms with van der Waals surface area (Å²) < 4.78 is 27.0. The zero-order valence-electron chi connectivity index (χ0n) is 17.7. The van der Waals surface area contributed by atoms with Crippen molar-refractivity contribution in [2.75, 3.05) is 39.3 Å². The van der Waals surface area contributed by atoms with Crippen molar-refractivity contribution >= 4 is 39.1 Å². The van der Waals surface area contributed by atoms with E-state index in [0.29, 0.717) is 44.3 Å². The quantitative estimate of drug-likeness (QED) is 0.597. The lowest BCUT2D eigenvalue weighted by Gasteiger charge is -2.35. The summed E-state index contributed by atoms with van der Waals surface area (Å²) in [5.41, 5.74) is 1.35. The third-order valence-corrected chi connectivity index (χ3v) is 8.08. The van der Waals surface area contributed by atoms with Crippen LogP contribution < -0.4 is 0 Å². The zero-order chi connectivity index (χ0) is 22.6. The van der Waals surface area contributed by atoms with Gasteiger partial charge in [0.25, 0.3) is 5.91 Å². The Kier molecular flexibility index (Phi) is 7.99. The van der Waals surface area contributed by atoms with Crippen molar-refractivity contribution in [3.8, 4) is 0 Å². The average Bonchev–Trinajstić information content (AvgIpc) is 2.75. The molecule has 168 valence electrons. The monoisotopic (exact) mass is 483 g/mol. The summed E-state index contributed by atoms with van der Waals surface area (Å²) in [6.45, 7) is 7.57. The molecular weight excluding hydrogens is 457 g/mol. The van der Waals surface area contributed by atoms with Gasteiger partial charge in [0.15, 0.2) is 0 Å². The molecule has 1 aliphatic heterocycles. The van der Waals surface area contributed by atoms with Gasteiger partial charge in [-0.2, -0.15) is 4.31 Å². The van der Waals surface area contributed by atoms with Gasteiger partial charge in [0.1, 0.15) is 0 Å². The lowest BCUT2D eigenvalue weighted by molar-refractivity contribution is 0.0628. The molecule has 6 nitrogen and oxygen atoms in total. The molecule has 1 heterocycles. The van der Waals surface area contributed by atoms with Crippen molar-refractivity contribution in [2.24, 2.45) is 0 Å². The fraction of sp³-hybridized carbons (Fsp3) is 0.409. The van der Waals surface area contributed by atoms with E-state index in [0.717, 1.165) is 12.1 Å². The van der Waals surface area contributed by atoms with Crippen LogP contribution in [0.5, 0.6) is 0 Å². The maximum atomic E-state index is 13.1. The fourth-order valence-electron chi connectivity index (χ4n) is 3.71. The van der Waals surface area contributed by atoms with Gasteiger partial charge in [0.05, 0.1) is 15.5 Å². The normalized spacial score (nSPS) is 15.5. The summed E-state index contributed by atoms with van der Waals surface area (Å²) in [6, 6.07) is 12.1. The van der Waals surface area contributed by atoms with E-state index in [9.17, 15) is 13.2 Å². The predicted octanol–water partition coefficient (Wildman–Crippen LogP) is 3.98. The van der Waals surface area contributed by atoms with Crippen molar-refractivity contribution in [3.05, 3.63) is 63.6 Å². The number of nitrogens with zero attached hydrogens (tertiary/aromatic N) is 3. The molecular formula is C22H27Cl2N3O3S. The van der Waals surface area contributed by atoms with Gasteiger partial charge in [-0.25, -0.2) is 8.42 Å². The summed E-state index contributed by atoms with van der Waals surface area (Å²) in [4.78, 5) is 17.2. The van der Waals surface area contributed by atoms with Gasteiger partial charge in [-0.3, -0.25) is 9.69 Å². The maximum Gasteiger partial charge on any atom is 0.255 e. The molecule has 0 atom stereocenters. The Bertz CT molecular complexity index is 1030. The first-order valence-corrected chi connectivity index (χ1v) is 12.5. The Morgan fingerprint density at radius 2 is 1.68 bits per heavy atom. The zero-order valence-corrected chi connectivity index (χ0v) is 20.1. The number of rotatable bonds is 7. The number of piperazine rings is 1. The minimum atomic E-state index is -3.67. The van der Waals surface area contributed by atoms with Crippen LogP contribution in [0.15, 0.2) is 47.4 Å². The van der Waals surface area contributed by atoms with Gasteiger partial charge >= 0.3 is 0 Å². The van der Waals surface area contributed by atoms with E-state index in [1.54, 1.807) is 18.7 Å². The van der Waals surface area contributed by atoms with E-state index in [4.69, 9.17) is 23.2 Å². The Labute approximate surface area is 194 Å². The SMILES string of the molecule is CCN(CC)S(=O)(=O)c1ccc(Cl)c(C(=O)N2CCN(Cc3cccc(Cl)c3)CC2)c1. The maximum absolute atomic E-state index is 13.1. The van der Waals surface area contributed by atoms with Crippen LogP contribution >= 0.6 is 23.2 Å². The molecule has 0 aromatic heterocycles. The first-order chi connectivity index (χ1) is 14.8. The highest BCUT2D eigenvalue weighted by Gasteiger charge is 2.27. The van der Waals surface area contributed by atoms with Gasteiger partial charge in [-0.15, -0.1) is 0 Å². The van der Waals surface area contributed by atoms with Crippen LogP contribution in [-0.4, -0.2) is 67.7 Å². The van der Waals surface area contributed by atoms with E-state index in [1.807, 2.05) is 24.3 Å². The Morgan fingerprint density at radius 1 is 1.00 bits per heavy atom. The van der Waals surface area contributed by atoms with Crippen molar-refractivity contribution in [1.29, 1.82) is 0 Å². The summed E-state index contributed by atoms with van der Waals surface area (Å²) >= 11 is 12.3. The molecule has 1 amide bonds. The summed E-state index contributed by atoms with van der Waals surface area (Å²) in [6.07, 6.45) is 0. The smallest absolute Gasteiger partial charge is 0.255 e. The summed E-state index contributed by atoms with van der Waals surface area (Å²) in [5, 5.41) is 0.963. The average molecular weight is 484 g/mol. The molecule has 0 unspecified atom stereocenters. The highest BCUT2D eigenvalue weighted by Crippen LogP contribution is 2.25. The minimum Gasteiger partial charge on any atom is -0.336 e. The van der Waals surface area contributed by atoms with Gasteiger partial charge in [0, 0.05) is 50.8 Å². The molecule has 2 aromatic rings. The fourth-order valence-corrected chi connectivity index (χ4v) is 5.61. The van der Waals surface area contributed by atoms with Crippen LogP contribution in [0.3, 0.4) is 0 Å². The highest BCUT2D eigenvalue weighted by atomic mass is 35.5. The highest BCUT2D eigenvalue weighted by molar-refractivity contribution is 7.89. The molecule has 0 aliphatic carbocycles. The molecule has 0 N–H and O–H groups in total. The van der Waals surface area contributed by atoms with Crippen LogP contribution in [0.2, 0.25) is 10.0 Å². The third kappa shape index (κ3) is 5.59. The summed E-state index contributed by atoms with van der Waals surface area (Å²) in [5.74, 6) is -0.246. The Morgan fingerprint density at radius 3 is 2.29 bits per heavy atom. The van der Waals surface area contributed by atoms with Gasteiger partial charge in [-0.05, 0) is 35.9 Å². The molecule has 1 fully saturated rings. The Hall–Kier alpha value is -1.64. The topological polar surface area (TPSA) is 60.9 Å². The molecule has 1 aliphatic rings. The van der Waals surface area contributed by atoms with Crippen LogP contribution in [-0.2, 0) is 16.6 Å². The molecule has 0 radical (unpaired) electrons. The standard InChI is InChI=1S/C22H27Cl2N3O3S/c1-3-27(4-2)31(29,30)19-8-9-21(24)20(15-19)22(28)26-12-10-25(11-13-26)16-17-6-5-7-18(23)14-17/h5-9,14-15H,3-4,10-13,16H2,1-2H3. The van der Waals surface area contributed by atoms with Crippen molar-refractivity contribution in [1.82, 2.24) is 14.1 Å². The second kappa shape index (κ2) is 10.3. The molecule has 2 aromatic carbocycles. The second-order valence-corrected chi connectivity index (χ2v) is 10.2. The van der Waals surface area contributed by atoms with Gasteiger partial charge in [-0.1, -0.05) is 49.2 Å². The number of amides is 1. The van der Waals surface area contributed by atoms with Gasteiger partial charge < -0.3 is 4.90 Å². The third-order valence-electron chi connectivity index (χ3n) is 5.47. The number of carbonyl (C=O) groups excluding carboxylic acids is 1. The number of hydrogen-bond acceptors (Lipinski definition) is 4. The number of halogens is 2. The van der Waals surface area contributed by atoms with Crippen LogP contribution in [0.25, 0.3) is 0 Å². The number of sulfonamides is 1. The van der Waals surface area contributed by atoms with Crippen LogP contribution in [0.1, 0.15) is 29.8 Å². The first kappa shape index (κ1) is 24.0. The molecule has 9 heteroatoms. The van der Waals surface area contributed by atoms with Crippen molar-refractivity contribution in [3.63, 3.8) is 0 Å². The first-order valence-electron chi connectivity index (χ1n) is 10.3. The van der Waals surface area contributed by atoms with E-state index in [1.165, 1.54) is 22.5 Å².